The number of halogens is 2. The lowest BCUT2D eigenvalue weighted by Gasteiger charge is -2.00. The van der Waals surface area contributed by atoms with E-state index < -0.39 is 11.8 Å². The summed E-state index contributed by atoms with van der Waals surface area (Å²) in [7, 11) is 0. The van der Waals surface area contributed by atoms with Crippen LogP contribution < -0.4 is 9.47 Å². The highest BCUT2D eigenvalue weighted by Gasteiger charge is 2.18. The third-order valence-corrected chi connectivity index (χ3v) is 2.23. The van der Waals surface area contributed by atoms with E-state index in [-0.39, 0.29) is 11.8 Å². The monoisotopic (exact) mass is 244 g/mol. The summed E-state index contributed by atoms with van der Waals surface area (Å²) in [5, 5.41) is 8.62. The van der Waals surface area contributed by atoms with Crippen LogP contribution in [0.2, 0.25) is 5.02 Å². The number of hydrogen-bond donors (Lipinski definition) is 1. The molecule has 4 nitrogen and oxygen atoms in total. The van der Waals surface area contributed by atoms with Crippen LogP contribution >= 0.6 is 11.6 Å². The zero-order valence-corrected chi connectivity index (χ0v) is 8.62. The van der Waals surface area contributed by atoms with Crippen LogP contribution in [0.5, 0.6) is 11.5 Å². The lowest BCUT2D eigenvalue weighted by atomic mass is 10.2. The molecule has 1 aromatic carbocycles. The molecule has 0 atom stereocenters. The van der Waals surface area contributed by atoms with Crippen LogP contribution in [0.25, 0.3) is 6.08 Å². The molecule has 0 saturated heterocycles. The van der Waals surface area contributed by atoms with Gasteiger partial charge in [0.15, 0.2) is 11.5 Å². The Morgan fingerprint density at radius 1 is 1.50 bits per heavy atom. The topological polar surface area (TPSA) is 55.8 Å². The Bertz CT molecular complexity index is 484. The van der Waals surface area contributed by atoms with Crippen LogP contribution in [-0.4, -0.2) is 17.9 Å². The summed E-state index contributed by atoms with van der Waals surface area (Å²) in [6, 6.07) is 2.86. The van der Waals surface area contributed by atoms with Gasteiger partial charge in [-0.25, -0.2) is 4.79 Å². The lowest BCUT2D eigenvalue weighted by molar-refractivity contribution is -0.134. The average Bonchev–Trinajstić information content (AvgIpc) is 2.65. The van der Waals surface area contributed by atoms with E-state index in [0.29, 0.717) is 17.1 Å². The fourth-order valence-corrected chi connectivity index (χ4v) is 1.55. The average molecular weight is 245 g/mol. The summed E-state index contributed by atoms with van der Waals surface area (Å²) in [5.74, 6) is -2.14. The van der Waals surface area contributed by atoms with Crippen LogP contribution in [0.3, 0.4) is 0 Å². The maximum atomic E-state index is 12.8. The van der Waals surface area contributed by atoms with Crippen LogP contribution in [0, 0.1) is 0 Å². The van der Waals surface area contributed by atoms with Gasteiger partial charge in [-0.15, -0.1) is 0 Å². The van der Waals surface area contributed by atoms with E-state index in [1.54, 1.807) is 0 Å². The minimum atomic E-state index is -1.63. The van der Waals surface area contributed by atoms with E-state index in [4.69, 9.17) is 26.2 Å². The normalized spacial score (nSPS) is 14.0. The number of hydrogen-bond acceptors (Lipinski definition) is 3. The van der Waals surface area contributed by atoms with E-state index in [0.717, 1.165) is 6.08 Å². The van der Waals surface area contributed by atoms with Crippen molar-refractivity contribution in [1.82, 2.24) is 0 Å². The number of ether oxygens (including phenoxy) is 2. The van der Waals surface area contributed by atoms with Crippen molar-refractivity contribution in [3.8, 4) is 11.5 Å². The van der Waals surface area contributed by atoms with Crippen molar-refractivity contribution in [3.05, 3.63) is 28.5 Å². The second-order valence-electron chi connectivity index (χ2n) is 3.03. The first-order valence-corrected chi connectivity index (χ1v) is 4.65. The first kappa shape index (κ1) is 10.8. The molecular formula is C10H6ClFO4. The van der Waals surface area contributed by atoms with Crippen molar-refractivity contribution < 1.29 is 23.8 Å². The minimum absolute atomic E-state index is 0.0453. The van der Waals surface area contributed by atoms with Gasteiger partial charge in [0, 0.05) is 0 Å². The van der Waals surface area contributed by atoms with Crippen molar-refractivity contribution in [3.63, 3.8) is 0 Å². The molecule has 6 heteroatoms. The molecule has 1 N–H and O–H groups in total. The Kier molecular flexibility index (Phi) is 2.70. The van der Waals surface area contributed by atoms with Gasteiger partial charge in [-0.1, -0.05) is 11.6 Å². The quantitative estimate of drug-likeness (QED) is 0.812. The highest BCUT2D eigenvalue weighted by Crippen LogP contribution is 2.40. The van der Waals surface area contributed by atoms with E-state index in [2.05, 4.69) is 0 Å². The summed E-state index contributed by atoms with van der Waals surface area (Å²) in [4.78, 5) is 10.3. The standard InChI is InChI=1S/C10H6ClFO4/c11-6-1-5(2-7(12)10(13)14)3-8-9(6)16-4-15-8/h1-3H,4H2,(H,13,14). The predicted octanol–water partition coefficient (Wildman–Crippen LogP) is 2.46. The Morgan fingerprint density at radius 3 is 2.94 bits per heavy atom. The van der Waals surface area contributed by atoms with Crippen LogP contribution in [0.15, 0.2) is 18.0 Å². The van der Waals surface area contributed by atoms with Crippen LogP contribution in [-0.2, 0) is 4.79 Å². The Labute approximate surface area is 94.8 Å². The number of carbonyl (C=O) groups is 1. The molecule has 0 spiro atoms. The van der Waals surface area contributed by atoms with E-state index >= 15 is 0 Å². The molecule has 0 unspecified atom stereocenters. The van der Waals surface area contributed by atoms with E-state index in [9.17, 15) is 9.18 Å². The van der Waals surface area contributed by atoms with Gasteiger partial charge in [-0.05, 0) is 23.8 Å². The molecule has 0 aromatic heterocycles. The number of carboxylic acids is 1. The second kappa shape index (κ2) is 4.02. The Morgan fingerprint density at radius 2 is 2.25 bits per heavy atom. The zero-order chi connectivity index (χ0) is 11.7. The van der Waals surface area contributed by atoms with E-state index in [1.165, 1.54) is 12.1 Å². The molecule has 84 valence electrons. The highest BCUT2D eigenvalue weighted by molar-refractivity contribution is 6.32. The number of rotatable bonds is 2. The van der Waals surface area contributed by atoms with Crippen LogP contribution in [0.4, 0.5) is 4.39 Å². The van der Waals surface area contributed by atoms with Crippen molar-refractivity contribution >= 4 is 23.6 Å². The van der Waals surface area contributed by atoms with Crippen molar-refractivity contribution in [2.75, 3.05) is 6.79 Å². The second-order valence-corrected chi connectivity index (χ2v) is 3.44. The van der Waals surface area contributed by atoms with Crippen LogP contribution in [0.1, 0.15) is 5.56 Å². The highest BCUT2D eigenvalue weighted by atomic mass is 35.5. The zero-order valence-electron chi connectivity index (χ0n) is 7.87. The van der Waals surface area contributed by atoms with Gasteiger partial charge in [0.05, 0.1) is 5.02 Å². The molecule has 0 bridgehead atoms. The molecule has 0 radical (unpaired) electrons. The summed E-state index contributed by atoms with van der Waals surface area (Å²) >= 11 is 5.83. The van der Waals surface area contributed by atoms with Gasteiger partial charge in [-0.3, -0.25) is 0 Å². The molecule has 1 aromatic rings. The molecule has 0 amide bonds. The summed E-state index contributed by atoms with van der Waals surface area (Å²) in [5.41, 5.74) is 0.300. The third kappa shape index (κ3) is 1.94. The molecule has 0 saturated carbocycles. The fourth-order valence-electron chi connectivity index (χ4n) is 1.28. The SMILES string of the molecule is O=C(O)C(F)=Cc1cc(Cl)c2c(c1)OCO2. The minimum Gasteiger partial charge on any atom is -0.476 e. The number of aliphatic carboxylic acids is 1. The van der Waals surface area contributed by atoms with Crippen molar-refractivity contribution in [1.29, 1.82) is 0 Å². The van der Waals surface area contributed by atoms with Crippen molar-refractivity contribution in [2.45, 2.75) is 0 Å². The maximum Gasteiger partial charge on any atom is 0.364 e. The molecule has 0 fully saturated rings. The molecular weight excluding hydrogens is 239 g/mol. The molecule has 2 rings (SSSR count). The maximum absolute atomic E-state index is 12.8. The smallest absolute Gasteiger partial charge is 0.364 e. The predicted molar refractivity (Wildman–Crippen MR) is 54.3 cm³/mol. The number of benzene rings is 1. The number of carboxylic acid groups (broad SMARTS) is 1. The van der Waals surface area contributed by atoms with Gasteiger partial charge >= 0.3 is 5.97 Å². The largest absolute Gasteiger partial charge is 0.476 e. The molecule has 1 heterocycles. The van der Waals surface area contributed by atoms with Gasteiger partial charge < -0.3 is 14.6 Å². The summed E-state index contributed by atoms with van der Waals surface area (Å²) < 4.78 is 22.9. The van der Waals surface area contributed by atoms with Gasteiger partial charge in [0.1, 0.15) is 0 Å². The van der Waals surface area contributed by atoms with E-state index in [1.807, 2.05) is 0 Å². The Hall–Kier alpha value is -1.75. The van der Waals surface area contributed by atoms with Gasteiger partial charge in [-0.2, -0.15) is 4.39 Å². The first-order chi connectivity index (χ1) is 7.58. The molecule has 1 aliphatic rings. The fraction of sp³-hybridized carbons (Fsp3) is 0.100. The summed E-state index contributed by atoms with van der Waals surface area (Å²) in [6.45, 7) is 0.0453. The van der Waals surface area contributed by atoms with Gasteiger partial charge in [0.2, 0.25) is 12.6 Å². The van der Waals surface area contributed by atoms with Gasteiger partial charge in [0.25, 0.3) is 0 Å². The van der Waals surface area contributed by atoms with Crippen molar-refractivity contribution in [2.24, 2.45) is 0 Å². The first-order valence-electron chi connectivity index (χ1n) is 4.27. The molecule has 1 aliphatic heterocycles. The lowest BCUT2D eigenvalue weighted by Crippen LogP contribution is -1.94. The molecule has 16 heavy (non-hydrogen) atoms. The third-order valence-electron chi connectivity index (χ3n) is 1.95. The number of fused-ring (bicyclic) bond motifs is 1. The molecule has 0 aliphatic carbocycles. The Balaban J connectivity index is 2.41. The summed E-state index contributed by atoms with van der Waals surface area (Å²) in [6.07, 6.45) is 0.857.